The second-order valence-corrected chi connectivity index (χ2v) is 6.57. The lowest BCUT2D eigenvalue weighted by Gasteiger charge is -2.03. The molecule has 9 nitrogen and oxygen atoms in total. The van der Waals surface area contributed by atoms with E-state index < -0.39 is 5.91 Å². The Morgan fingerprint density at radius 3 is 2.57 bits per heavy atom. The van der Waals surface area contributed by atoms with Crippen LogP contribution in [0.4, 0.5) is 5.69 Å². The second-order valence-electron chi connectivity index (χ2n) is 6.19. The highest BCUT2D eigenvalue weighted by molar-refractivity contribution is 6.31. The molecule has 0 aromatic carbocycles. The number of nitrogens with one attached hydrogen (secondary N) is 2. The highest BCUT2D eigenvalue weighted by Crippen LogP contribution is 2.21. The van der Waals surface area contributed by atoms with Gasteiger partial charge in [-0.1, -0.05) is 11.6 Å². The third-order valence-corrected chi connectivity index (χ3v) is 4.81. The zero-order valence-electron chi connectivity index (χ0n) is 16.0. The van der Waals surface area contributed by atoms with E-state index in [0.29, 0.717) is 29.6 Å². The Labute approximate surface area is 166 Å². The number of carbonyl (C=O) groups is 2. The molecule has 3 aromatic heterocycles. The zero-order valence-corrected chi connectivity index (χ0v) is 16.8. The average molecular weight is 405 g/mol. The molecule has 0 radical (unpaired) electrons. The molecule has 148 valence electrons. The topological polar surface area (TPSA) is 107 Å². The summed E-state index contributed by atoms with van der Waals surface area (Å²) < 4.78 is 8.93. The molecule has 0 unspecified atom stereocenters. The van der Waals surface area contributed by atoms with Crippen molar-refractivity contribution in [2.75, 3.05) is 12.4 Å². The van der Waals surface area contributed by atoms with E-state index in [0.717, 1.165) is 11.4 Å². The lowest BCUT2D eigenvalue weighted by molar-refractivity contribution is 0.0958. The van der Waals surface area contributed by atoms with E-state index in [2.05, 4.69) is 20.8 Å². The van der Waals surface area contributed by atoms with Crippen LogP contribution in [-0.4, -0.2) is 38.4 Å². The first-order valence-corrected chi connectivity index (χ1v) is 9.10. The quantitative estimate of drug-likeness (QED) is 0.656. The molecule has 3 rings (SSSR count). The summed E-state index contributed by atoms with van der Waals surface area (Å²) in [5, 5.41) is 14.3. The van der Waals surface area contributed by atoms with Crippen molar-refractivity contribution in [1.29, 1.82) is 0 Å². The SMILES string of the molecule is CCn1cc(NC(=O)c2ccc(Cn3nc(C)c(Cl)c3C)o2)c(C(=O)NC)n1. The van der Waals surface area contributed by atoms with Crippen LogP contribution in [0.15, 0.2) is 22.7 Å². The molecule has 0 atom stereocenters. The van der Waals surface area contributed by atoms with Crippen LogP contribution in [0.3, 0.4) is 0 Å². The van der Waals surface area contributed by atoms with Gasteiger partial charge in [-0.15, -0.1) is 0 Å². The molecule has 0 aliphatic carbocycles. The molecule has 0 spiro atoms. The van der Waals surface area contributed by atoms with Crippen LogP contribution in [-0.2, 0) is 13.1 Å². The monoisotopic (exact) mass is 404 g/mol. The fourth-order valence-electron chi connectivity index (χ4n) is 2.71. The largest absolute Gasteiger partial charge is 0.454 e. The van der Waals surface area contributed by atoms with Gasteiger partial charge in [-0.3, -0.25) is 19.0 Å². The lowest BCUT2D eigenvalue weighted by Crippen LogP contribution is -2.21. The van der Waals surface area contributed by atoms with E-state index in [1.54, 1.807) is 27.7 Å². The maximum absolute atomic E-state index is 12.5. The van der Waals surface area contributed by atoms with E-state index in [4.69, 9.17) is 16.0 Å². The van der Waals surface area contributed by atoms with E-state index in [-0.39, 0.29) is 17.4 Å². The summed E-state index contributed by atoms with van der Waals surface area (Å²) in [5.74, 6) is -0.180. The van der Waals surface area contributed by atoms with Gasteiger partial charge in [0, 0.05) is 19.8 Å². The van der Waals surface area contributed by atoms with Crippen molar-refractivity contribution in [2.24, 2.45) is 0 Å². The minimum atomic E-state index is -0.474. The summed E-state index contributed by atoms with van der Waals surface area (Å²) in [5.41, 5.74) is 2.01. The molecule has 2 N–H and O–H groups in total. The molecule has 0 fully saturated rings. The third-order valence-electron chi connectivity index (χ3n) is 4.26. The normalized spacial score (nSPS) is 10.9. The Balaban J connectivity index is 1.77. The number of anilines is 1. The van der Waals surface area contributed by atoms with Gasteiger partial charge in [0.05, 0.1) is 28.6 Å². The number of halogens is 1. The number of amides is 2. The zero-order chi connectivity index (χ0) is 20.4. The Hall–Kier alpha value is -3.07. The van der Waals surface area contributed by atoms with Crippen molar-refractivity contribution in [3.63, 3.8) is 0 Å². The molecule has 0 aliphatic rings. The molecule has 0 bridgehead atoms. The summed E-state index contributed by atoms with van der Waals surface area (Å²) in [6.07, 6.45) is 1.60. The fraction of sp³-hybridized carbons (Fsp3) is 0.333. The minimum absolute atomic E-state index is 0.120. The number of aromatic nitrogens is 4. The molecule has 10 heteroatoms. The smallest absolute Gasteiger partial charge is 0.291 e. The number of rotatable bonds is 6. The van der Waals surface area contributed by atoms with Crippen molar-refractivity contribution in [2.45, 2.75) is 33.9 Å². The maximum atomic E-state index is 12.5. The van der Waals surface area contributed by atoms with Gasteiger partial charge < -0.3 is 15.1 Å². The van der Waals surface area contributed by atoms with Gasteiger partial charge in [-0.05, 0) is 32.9 Å². The number of hydrogen-bond acceptors (Lipinski definition) is 5. The molecular formula is C18H21ClN6O3. The van der Waals surface area contributed by atoms with Gasteiger partial charge in [0.15, 0.2) is 11.5 Å². The Kier molecular flexibility index (Phi) is 5.55. The number of nitrogens with zero attached hydrogens (tertiary/aromatic N) is 4. The Morgan fingerprint density at radius 1 is 1.21 bits per heavy atom. The summed E-state index contributed by atoms with van der Waals surface area (Å²) in [6, 6.07) is 3.27. The molecular weight excluding hydrogens is 384 g/mol. The van der Waals surface area contributed by atoms with Gasteiger partial charge >= 0.3 is 0 Å². The first-order valence-electron chi connectivity index (χ1n) is 8.73. The van der Waals surface area contributed by atoms with Crippen LogP contribution in [0.5, 0.6) is 0 Å². The molecule has 0 saturated heterocycles. The van der Waals surface area contributed by atoms with E-state index >= 15 is 0 Å². The Bertz CT molecular complexity index is 1030. The fourth-order valence-corrected chi connectivity index (χ4v) is 2.84. The highest BCUT2D eigenvalue weighted by atomic mass is 35.5. The molecule has 3 heterocycles. The second kappa shape index (κ2) is 7.89. The maximum Gasteiger partial charge on any atom is 0.291 e. The minimum Gasteiger partial charge on any atom is -0.454 e. The van der Waals surface area contributed by atoms with Crippen LogP contribution in [0.25, 0.3) is 0 Å². The number of furan rings is 1. The van der Waals surface area contributed by atoms with Gasteiger partial charge in [0.25, 0.3) is 11.8 Å². The lowest BCUT2D eigenvalue weighted by atomic mass is 10.3. The van der Waals surface area contributed by atoms with Crippen molar-refractivity contribution in [1.82, 2.24) is 24.9 Å². The first kappa shape index (κ1) is 19.7. The molecule has 2 amide bonds. The van der Waals surface area contributed by atoms with Gasteiger partial charge in [-0.2, -0.15) is 10.2 Å². The van der Waals surface area contributed by atoms with E-state index in [1.165, 1.54) is 7.05 Å². The van der Waals surface area contributed by atoms with Crippen molar-refractivity contribution in [3.8, 4) is 0 Å². The predicted octanol–water partition coefficient (Wildman–Crippen LogP) is 2.62. The Morgan fingerprint density at radius 2 is 1.96 bits per heavy atom. The summed E-state index contributed by atoms with van der Waals surface area (Å²) in [7, 11) is 1.50. The summed E-state index contributed by atoms with van der Waals surface area (Å²) in [4.78, 5) is 24.5. The van der Waals surface area contributed by atoms with Crippen LogP contribution in [0.2, 0.25) is 5.02 Å². The van der Waals surface area contributed by atoms with Crippen molar-refractivity contribution >= 4 is 29.1 Å². The van der Waals surface area contributed by atoms with E-state index in [1.807, 2.05) is 20.8 Å². The number of aryl methyl sites for hydroxylation is 2. The van der Waals surface area contributed by atoms with E-state index in [9.17, 15) is 9.59 Å². The number of carbonyl (C=O) groups excluding carboxylic acids is 2. The van der Waals surface area contributed by atoms with Crippen molar-refractivity contribution < 1.29 is 14.0 Å². The highest BCUT2D eigenvalue weighted by Gasteiger charge is 2.20. The van der Waals surface area contributed by atoms with Gasteiger partial charge in [0.1, 0.15) is 5.76 Å². The van der Waals surface area contributed by atoms with Crippen LogP contribution >= 0.6 is 11.6 Å². The van der Waals surface area contributed by atoms with Gasteiger partial charge in [0.2, 0.25) is 0 Å². The summed E-state index contributed by atoms with van der Waals surface area (Å²) >= 11 is 6.16. The van der Waals surface area contributed by atoms with Crippen LogP contribution < -0.4 is 10.6 Å². The summed E-state index contributed by atoms with van der Waals surface area (Å²) in [6.45, 7) is 6.49. The van der Waals surface area contributed by atoms with Crippen LogP contribution in [0.1, 0.15) is 45.1 Å². The molecule has 3 aromatic rings. The van der Waals surface area contributed by atoms with Crippen molar-refractivity contribution in [3.05, 3.63) is 52.0 Å². The van der Waals surface area contributed by atoms with Gasteiger partial charge in [-0.25, -0.2) is 0 Å². The predicted molar refractivity (Wildman–Crippen MR) is 104 cm³/mol. The van der Waals surface area contributed by atoms with Crippen LogP contribution in [0, 0.1) is 13.8 Å². The standard InChI is InChI=1S/C18H21ClN6O3/c1-5-24-9-13(16(23-24)18(27)20-4)21-17(26)14-7-6-12(28-14)8-25-11(3)15(19)10(2)22-25/h6-7,9H,5,8H2,1-4H3,(H,20,27)(H,21,26). The molecule has 28 heavy (non-hydrogen) atoms. The molecule has 0 aliphatic heterocycles. The first-order chi connectivity index (χ1) is 13.3. The average Bonchev–Trinajstić information content (AvgIpc) is 3.37. The molecule has 0 saturated carbocycles. The number of hydrogen-bond donors (Lipinski definition) is 2. The third kappa shape index (κ3) is 3.79.